The molecular weight excluding hydrogens is 270 g/mol. The van der Waals surface area contributed by atoms with Crippen molar-refractivity contribution < 1.29 is 14.3 Å². The summed E-state index contributed by atoms with van der Waals surface area (Å²) >= 11 is 0. The largest absolute Gasteiger partial charge is 0.383 e. The van der Waals surface area contributed by atoms with Gasteiger partial charge in [-0.3, -0.25) is 14.7 Å². The Hall–Kier alpha value is -1.50. The van der Waals surface area contributed by atoms with Gasteiger partial charge in [-0.15, -0.1) is 0 Å². The second-order valence-electron chi connectivity index (χ2n) is 5.27. The molecule has 0 unspecified atom stereocenters. The Morgan fingerprint density at radius 3 is 3.05 bits per heavy atom. The number of amides is 1. The summed E-state index contributed by atoms with van der Waals surface area (Å²) < 4.78 is 10.6. The van der Waals surface area contributed by atoms with E-state index in [4.69, 9.17) is 9.47 Å². The van der Waals surface area contributed by atoms with Gasteiger partial charge in [0.15, 0.2) is 0 Å². The number of pyridine rings is 1. The number of rotatable bonds is 7. The molecule has 1 fully saturated rings. The molecule has 2 rings (SSSR count). The van der Waals surface area contributed by atoms with E-state index in [1.807, 2.05) is 12.1 Å². The number of methoxy groups -OCH3 is 2. The van der Waals surface area contributed by atoms with Gasteiger partial charge >= 0.3 is 0 Å². The molecule has 0 saturated carbocycles. The fourth-order valence-electron chi connectivity index (χ4n) is 2.61. The lowest BCUT2D eigenvalue weighted by molar-refractivity contribution is -0.122. The lowest BCUT2D eigenvalue weighted by Gasteiger charge is -2.22. The van der Waals surface area contributed by atoms with Gasteiger partial charge in [-0.2, -0.15) is 0 Å². The number of nitrogens with zero attached hydrogens (tertiary/aromatic N) is 2. The second kappa shape index (κ2) is 8.07. The number of ether oxygens (including phenoxy) is 2. The lowest BCUT2D eigenvalue weighted by atomic mass is 10.2. The Bertz CT molecular complexity index is 441. The SMILES string of the molecule is COC[C@@H]1C[C@H](OC)CN1CC(=O)NCc1cccnc1. The van der Waals surface area contributed by atoms with Crippen LogP contribution in [0.15, 0.2) is 24.5 Å². The van der Waals surface area contributed by atoms with Crippen LogP contribution in [-0.2, 0) is 20.8 Å². The van der Waals surface area contributed by atoms with Crippen LogP contribution in [0.25, 0.3) is 0 Å². The van der Waals surface area contributed by atoms with Gasteiger partial charge in [0.1, 0.15) is 0 Å². The van der Waals surface area contributed by atoms with E-state index in [9.17, 15) is 4.79 Å². The normalized spacial score (nSPS) is 22.4. The third kappa shape index (κ3) is 4.77. The number of nitrogens with one attached hydrogen (secondary N) is 1. The Labute approximate surface area is 125 Å². The molecule has 6 nitrogen and oxygen atoms in total. The first-order valence-electron chi connectivity index (χ1n) is 7.14. The quantitative estimate of drug-likeness (QED) is 0.790. The molecule has 2 atom stereocenters. The maximum absolute atomic E-state index is 12.1. The highest BCUT2D eigenvalue weighted by molar-refractivity contribution is 5.78. The molecule has 0 radical (unpaired) electrons. The van der Waals surface area contributed by atoms with E-state index in [2.05, 4.69) is 15.2 Å². The van der Waals surface area contributed by atoms with E-state index in [0.717, 1.165) is 18.5 Å². The fourth-order valence-corrected chi connectivity index (χ4v) is 2.61. The zero-order valence-corrected chi connectivity index (χ0v) is 12.6. The van der Waals surface area contributed by atoms with Crippen LogP contribution in [0.2, 0.25) is 0 Å². The van der Waals surface area contributed by atoms with E-state index in [1.54, 1.807) is 26.6 Å². The van der Waals surface area contributed by atoms with E-state index >= 15 is 0 Å². The van der Waals surface area contributed by atoms with Gasteiger partial charge in [0, 0.05) is 45.7 Å². The van der Waals surface area contributed by atoms with Crippen molar-refractivity contribution in [1.29, 1.82) is 0 Å². The van der Waals surface area contributed by atoms with Crippen LogP contribution < -0.4 is 5.32 Å². The van der Waals surface area contributed by atoms with Crippen molar-refractivity contribution in [1.82, 2.24) is 15.2 Å². The summed E-state index contributed by atoms with van der Waals surface area (Å²) in [5, 5.41) is 2.92. The number of hydrogen-bond acceptors (Lipinski definition) is 5. The van der Waals surface area contributed by atoms with E-state index in [1.165, 1.54) is 0 Å². The molecule has 1 saturated heterocycles. The summed E-state index contributed by atoms with van der Waals surface area (Å²) in [4.78, 5) is 18.2. The highest BCUT2D eigenvalue weighted by Crippen LogP contribution is 2.19. The highest BCUT2D eigenvalue weighted by Gasteiger charge is 2.32. The zero-order chi connectivity index (χ0) is 15.1. The number of carbonyl (C=O) groups is 1. The smallest absolute Gasteiger partial charge is 0.234 e. The van der Waals surface area contributed by atoms with Crippen LogP contribution in [-0.4, -0.2) is 61.9 Å². The van der Waals surface area contributed by atoms with Crippen molar-refractivity contribution in [2.75, 3.05) is 33.9 Å². The minimum Gasteiger partial charge on any atom is -0.383 e. The van der Waals surface area contributed by atoms with Crippen molar-refractivity contribution in [3.05, 3.63) is 30.1 Å². The van der Waals surface area contributed by atoms with Crippen molar-refractivity contribution in [3.63, 3.8) is 0 Å². The molecular formula is C15H23N3O3. The number of carbonyl (C=O) groups excluding carboxylic acids is 1. The molecule has 1 aliphatic heterocycles. The molecule has 116 valence electrons. The average molecular weight is 293 g/mol. The molecule has 1 aliphatic rings. The Kier molecular flexibility index (Phi) is 6.10. The van der Waals surface area contributed by atoms with Gasteiger partial charge in [0.05, 0.1) is 19.3 Å². The number of aromatic nitrogens is 1. The summed E-state index contributed by atoms with van der Waals surface area (Å²) in [5.74, 6) is 0.0108. The third-order valence-electron chi connectivity index (χ3n) is 3.74. The molecule has 1 amide bonds. The average Bonchev–Trinajstić information content (AvgIpc) is 2.89. The first-order chi connectivity index (χ1) is 10.2. The molecule has 0 bridgehead atoms. The zero-order valence-electron chi connectivity index (χ0n) is 12.6. The Morgan fingerprint density at radius 2 is 2.38 bits per heavy atom. The van der Waals surface area contributed by atoms with Gasteiger partial charge in [0.2, 0.25) is 5.91 Å². The Morgan fingerprint density at radius 1 is 1.52 bits per heavy atom. The summed E-state index contributed by atoms with van der Waals surface area (Å²) in [6.45, 7) is 2.26. The third-order valence-corrected chi connectivity index (χ3v) is 3.74. The number of likely N-dealkylation sites (tertiary alicyclic amines) is 1. The molecule has 0 aromatic carbocycles. The first kappa shape index (κ1) is 15.9. The first-order valence-corrected chi connectivity index (χ1v) is 7.14. The van der Waals surface area contributed by atoms with E-state index in [-0.39, 0.29) is 18.1 Å². The molecule has 1 aromatic heterocycles. The van der Waals surface area contributed by atoms with E-state index < -0.39 is 0 Å². The molecule has 0 aliphatic carbocycles. The number of hydrogen-bond donors (Lipinski definition) is 1. The monoisotopic (exact) mass is 293 g/mol. The second-order valence-corrected chi connectivity index (χ2v) is 5.27. The minimum absolute atomic E-state index is 0.0108. The molecule has 0 spiro atoms. The molecule has 6 heteroatoms. The molecule has 21 heavy (non-hydrogen) atoms. The van der Waals surface area contributed by atoms with Crippen LogP contribution in [0.4, 0.5) is 0 Å². The van der Waals surface area contributed by atoms with Crippen LogP contribution in [0.5, 0.6) is 0 Å². The Balaban J connectivity index is 1.80. The predicted molar refractivity (Wildman–Crippen MR) is 78.7 cm³/mol. The summed E-state index contributed by atoms with van der Waals surface area (Å²) in [6.07, 6.45) is 4.55. The molecule has 1 aromatic rings. The summed E-state index contributed by atoms with van der Waals surface area (Å²) in [5.41, 5.74) is 0.996. The maximum atomic E-state index is 12.1. The van der Waals surface area contributed by atoms with Gasteiger partial charge in [-0.05, 0) is 18.1 Å². The van der Waals surface area contributed by atoms with Crippen molar-refractivity contribution in [2.24, 2.45) is 0 Å². The summed E-state index contributed by atoms with van der Waals surface area (Å²) in [7, 11) is 3.39. The van der Waals surface area contributed by atoms with Gasteiger partial charge in [0.25, 0.3) is 0 Å². The van der Waals surface area contributed by atoms with Crippen LogP contribution >= 0.6 is 0 Å². The minimum atomic E-state index is 0.0108. The summed E-state index contributed by atoms with van der Waals surface area (Å²) in [6, 6.07) is 4.04. The van der Waals surface area contributed by atoms with Crippen LogP contribution in [0.1, 0.15) is 12.0 Å². The van der Waals surface area contributed by atoms with Crippen LogP contribution in [0.3, 0.4) is 0 Å². The van der Waals surface area contributed by atoms with Gasteiger partial charge < -0.3 is 14.8 Å². The highest BCUT2D eigenvalue weighted by atomic mass is 16.5. The molecule has 2 heterocycles. The lowest BCUT2D eigenvalue weighted by Crippen LogP contribution is -2.41. The van der Waals surface area contributed by atoms with Crippen LogP contribution in [0, 0.1) is 0 Å². The molecule has 1 N–H and O–H groups in total. The predicted octanol–water partition coefficient (Wildman–Crippen LogP) is 0.434. The van der Waals surface area contributed by atoms with Crippen molar-refractivity contribution >= 4 is 5.91 Å². The standard InChI is InChI=1S/C15H23N3O3/c1-20-11-13-6-14(21-2)9-18(13)10-15(19)17-8-12-4-3-5-16-7-12/h3-5,7,13-14H,6,8-11H2,1-2H3,(H,17,19)/t13-,14-/m0/s1. The van der Waals surface area contributed by atoms with E-state index in [0.29, 0.717) is 19.7 Å². The fraction of sp³-hybridized carbons (Fsp3) is 0.600. The van der Waals surface area contributed by atoms with Gasteiger partial charge in [-0.1, -0.05) is 6.07 Å². The van der Waals surface area contributed by atoms with Crippen molar-refractivity contribution in [3.8, 4) is 0 Å². The van der Waals surface area contributed by atoms with Gasteiger partial charge in [-0.25, -0.2) is 0 Å². The maximum Gasteiger partial charge on any atom is 0.234 e. The van der Waals surface area contributed by atoms with Crippen molar-refractivity contribution in [2.45, 2.75) is 25.1 Å². The topological polar surface area (TPSA) is 63.7 Å².